The summed E-state index contributed by atoms with van der Waals surface area (Å²) in [6.45, 7) is 6.78. The van der Waals surface area contributed by atoms with Gasteiger partial charge in [-0.1, -0.05) is 115 Å². The summed E-state index contributed by atoms with van der Waals surface area (Å²) in [7, 11) is 0. The van der Waals surface area contributed by atoms with Crippen LogP contribution in [0.2, 0.25) is 0 Å². The van der Waals surface area contributed by atoms with Gasteiger partial charge >= 0.3 is 0 Å². The zero-order valence-corrected chi connectivity index (χ0v) is 18.5. The van der Waals surface area contributed by atoms with E-state index in [1.807, 2.05) is 0 Å². The highest BCUT2D eigenvalue weighted by atomic mass is 35.5. The molecule has 0 saturated heterocycles. The van der Waals surface area contributed by atoms with Crippen LogP contribution in [0.1, 0.15) is 116 Å². The van der Waals surface area contributed by atoms with Gasteiger partial charge in [0.25, 0.3) is 0 Å². The number of hydrogen-bond acceptors (Lipinski definition) is 1. The van der Waals surface area contributed by atoms with E-state index in [1.165, 1.54) is 76.2 Å². The molecule has 0 fully saturated rings. The van der Waals surface area contributed by atoms with Crippen LogP contribution in [0.3, 0.4) is 0 Å². The highest BCUT2D eigenvalue weighted by Crippen LogP contribution is 2.36. The number of halogens is 1. The van der Waals surface area contributed by atoms with Crippen LogP contribution in [0.15, 0.2) is 30.3 Å². The van der Waals surface area contributed by atoms with Gasteiger partial charge in [0.2, 0.25) is 0 Å². The van der Waals surface area contributed by atoms with Gasteiger partial charge in [0.15, 0.2) is 0 Å². The minimum atomic E-state index is -0.0549. The van der Waals surface area contributed by atoms with Gasteiger partial charge in [0.1, 0.15) is 0 Å². The Kier molecular flexibility index (Phi) is 15.2. The summed E-state index contributed by atoms with van der Waals surface area (Å²) in [5.41, 5.74) is 8.17. The van der Waals surface area contributed by atoms with Gasteiger partial charge in [-0.25, -0.2) is 0 Å². The van der Waals surface area contributed by atoms with Gasteiger partial charge < -0.3 is 5.73 Å². The molecule has 2 heteroatoms. The Morgan fingerprint density at radius 1 is 0.731 bits per heavy atom. The Hall–Kier alpha value is -0.530. The molecule has 2 N–H and O–H groups in total. The molecule has 0 spiro atoms. The van der Waals surface area contributed by atoms with Crippen LogP contribution in [0, 0.1) is 0 Å². The quantitative estimate of drug-likeness (QED) is 0.306. The van der Waals surface area contributed by atoms with Crippen molar-refractivity contribution in [2.45, 2.75) is 116 Å². The molecule has 0 saturated carbocycles. The molecule has 1 atom stereocenters. The van der Waals surface area contributed by atoms with Gasteiger partial charge in [-0.05, 0) is 24.8 Å². The van der Waals surface area contributed by atoms with Crippen molar-refractivity contribution in [1.29, 1.82) is 0 Å². The molecule has 0 amide bonds. The van der Waals surface area contributed by atoms with Crippen LogP contribution in [0.4, 0.5) is 0 Å². The molecule has 1 rings (SSSR count). The summed E-state index contributed by atoms with van der Waals surface area (Å²) < 4.78 is 0. The maximum absolute atomic E-state index is 6.79. The van der Waals surface area contributed by atoms with Crippen LogP contribution < -0.4 is 5.73 Å². The van der Waals surface area contributed by atoms with Crippen LogP contribution >= 0.6 is 12.4 Å². The number of unbranched alkanes of at least 4 members (excludes halogenated alkanes) is 9. The number of nitrogens with two attached hydrogens (primary N) is 1. The highest BCUT2D eigenvalue weighted by Gasteiger charge is 2.32. The second-order valence-corrected chi connectivity index (χ2v) is 7.87. The van der Waals surface area contributed by atoms with E-state index < -0.39 is 0 Å². The van der Waals surface area contributed by atoms with Crippen molar-refractivity contribution in [3.05, 3.63) is 35.9 Å². The predicted octanol–water partition coefficient (Wildman–Crippen LogP) is 8.02. The average molecular weight is 382 g/mol. The van der Waals surface area contributed by atoms with Crippen molar-refractivity contribution in [2.24, 2.45) is 5.73 Å². The fraction of sp³-hybridized carbons (Fsp3) is 0.750. The highest BCUT2D eigenvalue weighted by molar-refractivity contribution is 5.85. The van der Waals surface area contributed by atoms with Crippen LogP contribution in [-0.4, -0.2) is 5.54 Å². The minimum Gasteiger partial charge on any atom is -0.325 e. The summed E-state index contributed by atoms with van der Waals surface area (Å²) >= 11 is 0. The van der Waals surface area contributed by atoms with E-state index in [0.717, 1.165) is 12.8 Å². The summed E-state index contributed by atoms with van der Waals surface area (Å²) in [6.07, 6.45) is 17.3. The lowest BCUT2D eigenvalue weighted by molar-refractivity contribution is 0.300. The van der Waals surface area contributed by atoms with Gasteiger partial charge in [0, 0.05) is 11.5 Å². The van der Waals surface area contributed by atoms with Crippen molar-refractivity contribution < 1.29 is 0 Å². The van der Waals surface area contributed by atoms with E-state index in [1.54, 1.807) is 0 Å². The first-order valence-electron chi connectivity index (χ1n) is 11.0. The van der Waals surface area contributed by atoms with E-state index in [-0.39, 0.29) is 17.9 Å². The normalized spacial score (nSPS) is 12.6. The minimum absolute atomic E-state index is 0. The third-order valence-corrected chi connectivity index (χ3v) is 6.06. The SMILES string of the molecule is CCCCCCCCCCCCC(c1ccccc1)C(N)(CC)CC.Cl. The van der Waals surface area contributed by atoms with Gasteiger partial charge in [0.05, 0.1) is 0 Å². The Morgan fingerprint density at radius 3 is 1.65 bits per heavy atom. The van der Waals surface area contributed by atoms with Gasteiger partial charge in [-0.15, -0.1) is 12.4 Å². The molecular formula is C24H44ClN. The van der Waals surface area contributed by atoms with E-state index in [4.69, 9.17) is 5.73 Å². The second kappa shape index (κ2) is 15.5. The molecule has 0 aliphatic carbocycles. The van der Waals surface area contributed by atoms with Crippen LogP contribution in [0.5, 0.6) is 0 Å². The van der Waals surface area contributed by atoms with Crippen LogP contribution in [0.25, 0.3) is 0 Å². The third kappa shape index (κ3) is 9.42. The molecule has 0 aromatic heterocycles. The smallest absolute Gasteiger partial charge is 0.0218 e. The summed E-state index contributed by atoms with van der Waals surface area (Å²) in [5, 5.41) is 0. The maximum atomic E-state index is 6.79. The Bertz CT molecular complexity index is 413. The lowest BCUT2D eigenvalue weighted by atomic mass is 9.73. The van der Waals surface area contributed by atoms with Gasteiger partial charge in [-0.3, -0.25) is 0 Å². The molecule has 152 valence electrons. The fourth-order valence-electron chi connectivity index (χ4n) is 4.05. The molecule has 0 aliphatic rings. The fourth-order valence-corrected chi connectivity index (χ4v) is 4.05. The maximum Gasteiger partial charge on any atom is 0.0218 e. The first kappa shape index (κ1) is 25.5. The second-order valence-electron chi connectivity index (χ2n) is 7.87. The molecule has 0 radical (unpaired) electrons. The van der Waals surface area contributed by atoms with Crippen LogP contribution in [-0.2, 0) is 0 Å². The van der Waals surface area contributed by atoms with E-state index in [2.05, 4.69) is 51.1 Å². The summed E-state index contributed by atoms with van der Waals surface area (Å²) in [4.78, 5) is 0. The van der Waals surface area contributed by atoms with E-state index in [9.17, 15) is 0 Å². The number of benzene rings is 1. The predicted molar refractivity (Wildman–Crippen MR) is 120 cm³/mol. The van der Waals surface area contributed by atoms with Gasteiger partial charge in [-0.2, -0.15) is 0 Å². The lowest BCUT2D eigenvalue weighted by Gasteiger charge is -2.37. The lowest BCUT2D eigenvalue weighted by Crippen LogP contribution is -2.44. The molecule has 1 aromatic carbocycles. The molecule has 0 aliphatic heterocycles. The molecule has 1 nitrogen and oxygen atoms in total. The molecule has 1 aromatic rings. The average Bonchev–Trinajstić information content (AvgIpc) is 2.66. The van der Waals surface area contributed by atoms with Crippen molar-refractivity contribution in [2.75, 3.05) is 0 Å². The number of hydrogen-bond donors (Lipinski definition) is 1. The van der Waals surface area contributed by atoms with E-state index >= 15 is 0 Å². The summed E-state index contributed by atoms with van der Waals surface area (Å²) in [6, 6.07) is 11.0. The van der Waals surface area contributed by atoms with Crippen molar-refractivity contribution in [1.82, 2.24) is 0 Å². The molecule has 26 heavy (non-hydrogen) atoms. The number of rotatable bonds is 15. The Balaban J connectivity index is 0.00000625. The molecule has 0 heterocycles. The molecular weight excluding hydrogens is 338 g/mol. The Labute approximate surface area is 169 Å². The third-order valence-electron chi connectivity index (χ3n) is 6.06. The Morgan fingerprint density at radius 2 is 1.19 bits per heavy atom. The van der Waals surface area contributed by atoms with Crippen molar-refractivity contribution in [3.63, 3.8) is 0 Å². The molecule has 0 bridgehead atoms. The zero-order valence-electron chi connectivity index (χ0n) is 17.6. The van der Waals surface area contributed by atoms with Crippen molar-refractivity contribution in [3.8, 4) is 0 Å². The van der Waals surface area contributed by atoms with E-state index in [0.29, 0.717) is 5.92 Å². The largest absolute Gasteiger partial charge is 0.325 e. The monoisotopic (exact) mass is 381 g/mol. The first-order chi connectivity index (χ1) is 12.2. The molecule has 1 unspecified atom stereocenters. The topological polar surface area (TPSA) is 26.0 Å². The first-order valence-corrected chi connectivity index (χ1v) is 11.0. The summed E-state index contributed by atoms with van der Waals surface area (Å²) in [5.74, 6) is 0.498. The zero-order chi connectivity index (χ0) is 18.4. The standard InChI is InChI=1S/C24H43N.ClH/c1-4-7-8-9-10-11-12-13-14-18-21-23(24(25,5-2)6-3)22-19-16-15-17-20-22;/h15-17,19-20,23H,4-14,18,21,25H2,1-3H3;1H. The van der Waals surface area contributed by atoms with Crippen molar-refractivity contribution >= 4 is 12.4 Å².